The fraction of sp³-hybridized carbons (Fsp3) is 0.158. The Morgan fingerprint density at radius 2 is 1.86 bits per heavy atom. The number of rotatable bonds is 3. The van der Waals surface area contributed by atoms with Crippen molar-refractivity contribution >= 4 is 27.3 Å². The molecule has 1 amide bonds. The standard InChI is InChI=1S/C19H18N4O4S/c1-11-18(12(2)23(3)21-11)28(25,26)22-13-8-9-16-14(10-13)19(24)20-15-6-4-5-7-17(15)27-16/h4-10,22H,1-3H3,(H,20,24). The molecule has 0 saturated heterocycles. The molecule has 0 radical (unpaired) electrons. The predicted molar refractivity (Wildman–Crippen MR) is 104 cm³/mol. The quantitative estimate of drug-likeness (QED) is 0.705. The smallest absolute Gasteiger partial charge is 0.265 e. The fourth-order valence-electron chi connectivity index (χ4n) is 3.18. The monoisotopic (exact) mass is 398 g/mol. The highest BCUT2D eigenvalue weighted by Crippen LogP contribution is 2.36. The largest absolute Gasteiger partial charge is 0.454 e. The molecule has 0 fully saturated rings. The van der Waals surface area contributed by atoms with Gasteiger partial charge in [0.1, 0.15) is 10.6 Å². The number of sulfonamides is 1. The SMILES string of the molecule is Cc1nn(C)c(C)c1S(=O)(=O)Nc1ccc2c(c1)C(=O)Nc1ccccc1O2. The van der Waals surface area contributed by atoms with Crippen LogP contribution in [-0.2, 0) is 17.1 Å². The van der Waals surface area contributed by atoms with Gasteiger partial charge in [-0.05, 0) is 44.2 Å². The number of aryl methyl sites for hydroxylation is 2. The summed E-state index contributed by atoms with van der Waals surface area (Å²) < 4.78 is 35.6. The molecule has 1 aliphatic rings. The maximum absolute atomic E-state index is 12.9. The van der Waals surface area contributed by atoms with Gasteiger partial charge >= 0.3 is 0 Å². The summed E-state index contributed by atoms with van der Waals surface area (Å²) in [6.45, 7) is 3.32. The summed E-state index contributed by atoms with van der Waals surface area (Å²) >= 11 is 0. The molecule has 1 aromatic heterocycles. The number of nitrogens with zero attached hydrogens (tertiary/aromatic N) is 2. The van der Waals surface area contributed by atoms with E-state index in [-0.39, 0.29) is 22.1 Å². The van der Waals surface area contributed by atoms with Crippen molar-refractivity contribution in [1.29, 1.82) is 0 Å². The molecule has 2 N–H and O–H groups in total. The summed E-state index contributed by atoms with van der Waals surface area (Å²) in [7, 11) is -2.18. The first-order valence-corrected chi connectivity index (χ1v) is 10.00. The molecule has 1 aliphatic heterocycles. The van der Waals surface area contributed by atoms with Crippen LogP contribution in [0.4, 0.5) is 11.4 Å². The summed E-state index contributed by atoms with van der Waals surface area (Å²) in [5, 5.41) is 6.92. The highest BCUT2D eigenvalue weighted by atomic mass is 32.2. The van der Waals surface area contributed by atoms with Crippen molar-refractivity contribution in [2.75, 3.05) is 10.0 Å². The van der Waals surface area contributed by atoms with Crippen molar-refractivity contribution in [3.8, 4) is 11.5 Å². The minimum Gasteiger partial charge on any atom is -0.454 e. The molecule has 3 aromatic rings. The van der Waals surface area contributed by atoms with Crippen LogP contribution >= 0.6 is 0 Å². The third-order valence-electron chi connectivity index (χ3n) is 4.54. The third kappa shape index (κ3) is 2.99. The highest BCUT2D eigenvalue weighted by molar-refractivity contribution is 7.92. The number of fused-ring (bicyclic) bond motifs is 2. The number of hydrogen-bond acceptors (Lipinski definition) is 5. The van der Waals surface area contributed by atoms with Crippen LogP contribution < -0.4 is 14.8 Å². The van der Waals surface area contributed by atoms with Gasteiger partial charge in [0, 0.05) is 12.7 Å². The summed E-state index contributed by atoms with van der Waals surface area (Å²) in [5.74, 6) is 0.485. The zero-order valence-corrected chi connectivity index (χ0v) is 16.3. The number of benzene rings is 2. The van der Waals surface area contributed by atoms with Crippen LogP contribution in [0.3, 0.4) is 0 Å². The molecule has 2 aromatic carbocycles. The maximum Gasteiger partial charge on any atom is 0.265 e. The predicted octanol–water partition coefficient (Wildman–Crippen LogP) is 3.20. The topological polar surface area (TPSA) is 102 Å². The molecule has 0 saturated carbocycles. The molecule has 0 unspecified atom stereocenters. The molecule has 8 nitrogen and oxygen atoms in total. The summed E-state index contributed by atoms with van der Waals surface area (Å²) in [4.78, 5) is 12.7. The molecule has 0 bridgehead atoms. The lowest BCUT2D eigenvalue weighted by atomic mass is 10.1. The first-order chi connectivity index (χ1) is 13.3. The van der Waals surface area contributed by atoms with E-state index >= 15 is 0 Å². The average Bonchev–Trinajstić information content (AvgIpc) is 2.81. The van der Waals surface area contributed by atoms with Crippen LogP contribution in [0.2, 0.25) is 0 Å². The minimum absolute atomic E-state index is 0.123. The molecule has 28 heavy (non-hydrogen) atoms. The minimum atomic E-state index is -3.87. The number of ether oxygens (including phenoxy) is 1. The van der Waals surface area contributed by atoms with Crippen molar-refractivity contribution < 1.29 is 17.9 Å². The Balaban J connectivity index is 1.70. The lowest BCUT2D eigenvalue weighted by molar-refractivity contribution is 0.102. The lowest BCUT2D eigenvalue weighted by Gasteiger charge is -2.11. The fourth-order valence-corrected chi connectivity index (χ4v) is 4.67. The molecule has 2 heterocycles. The molecule has 4 rings (SSSR count). The van der Waals surface area contributed by atoms with E-state index in [4.69, 9.17) is 4.74 Å². The summed E-state index contributed by atoms with van der Waals surface area (Å²) in [6.07, 6.45) is 0. The first-order valence-electron chi connectivity index (χ1n) is 8.51. The number of nitrogens with one attached hydrogen (secondary N) is 2. The molecule has 0 aliphatic carbocycles. The maximum atomic E-state index is 12.9. The number of para-hydroxylation sites is 2. The molecular weight excluding hydrogens is 380 g/mol. The Hall–Kier alpha value is -3.33. The Morgan fingerprint density at radius 1 is 1.11 bits per heavy atom. The van der Waals surface area contributed by atoms with Gasteiger partial charge in [-0.2, -0.15) is 5.10 Å². The van der Waals surface area contributed by atoms with Crippen LogP contribution in [0.5, 0.6) is 11.5 Å². The molecule has 144 valence electrons. The molecular formula is C19H18N4O4S. The molecule has 9 heteroatoms. The number of amides is 1. The zero-order valence-electron chi connectivity index (χ0n) is 15.5. The van der Waals surface area contributed by atoms with E-state index < -0.39 is 10.0 Å². The Labute approximate surface area is 162 Å². The van der Waals surface area contributed by atoms with Crippen LogP contribution in [0.1, 0.15) is 21.7 Å². The van der Waals surface area contributed by atoms with Crippen molar-refractivity contribution in [3.63, 3.8) is 0 Å². The van der Waals surface area contributed by atoms with Crippen LogP contribution in [0.15, 0.2) is 47.4 Å². The second-order valence-electron chi connectivity index (χ2n) is 6.49. The van der Waals surface area contributed by atoms with Crippen LogP contribution in [0.25, 0.3) is 0 Å². The van der Waals surface area contributed by atoms with Gasteiger partial charge < -0.3 is 10.1 Å². The average molecular weight is 398 g/mol. The van der Waals surface area contributed by atoms with E-state index in [0.29, 0.717) is 28.6 Å². The third-order valence-corrected chi connectivity index (χ3v) is 6.18. The van der Waals surface area contributed by atoms with Gasteiger partial charge in [0.05, 0.1) is 22.6 Å². The second-order valence-corrected chi connectivity index (χ2v) is 8.11. The van der Waals surface area contributed by atoms with Crippen molar-refractivity contribution in [2.24, 2.45) is 7.05 Å². The molecule has 0 atom stereocenters. The van der Waals surface area contributed by atoms with Gasteiger partial charge in [0.25, 0.3) is 15.9 Å². The summed E-state index contributed by atoms with van der Waals surface area (Å²) in [5.41, 5.74) is 1.96. The Kier molecular flexibility index (Phi) is 4.11. The number of carbonyl (C=O) groups is 1. The van der Waals surface area contributed by atoms with Crippen LogP contribution in [-0.4, -0.2) is 24.1 Å². The zero-order chi connectivity index (χ0) is 20.1. The second kappa shape index (κ2) is 6.38. The Bertz CT molecular complexity index is 1210. The summed E-state index contributed by atoms with van der Waals surface area (Å²) in [6, 6.07) is 11.6. The van der Waals surface area contributed by atoms with E-state index in [2.05, 4.69) is 15.1 Å². The van der Waals surface area contributed by atoms with E-state index in [0.717, 1.165) is 0 Å². The van der Waals surface area contributed by atoms with Gasteiger partial charge in [-0.1, -0.05) is 12.1 Å². The normalized spacial score (nSPS) is 13.0. The van der Waals surface area contributed by atoms with Crippen molar-refractivity contribution in [2.45, 2.75) is 18.7 Å². The van der Waals surface area contributed by atoms with Gasteiger partial charge in [-0.15, -0.1) is 0 Å². The number of anilines is 2. The number of hydrogen-bond donors (Lipinski definition) is 2. The Morgan fingerprint density at radius 3 is 2.57 bits per heavy atom. The van der Waals surface area contributed by atoms with Gasteiger partial charge in [-0.3, -0.25) is 14.2 Å². The van der Waals surface area contributed by atoms with E-state index in [1.54, 1.807) is 57.3 Å². The highest BCUT2D eigenvalue weighted by Gasteiger charge is 2.26. The van der Waals surface area contributed by atoms with Gasteiger partial charge in [0.2, 0.25) is 0 Å². The number of carbonyl (C=O) groups excluding carboxylic acids is 1. The van der Waals surface area contributed by atoms with E-state index in [1.807, 2.05) is 0 Å². The van der Waals surface area contributed by atoms with E-state index in [9.17, 15) is 13.2 Å². The first kappa shape index (κ1) is 18.1. The lowest BCUT2D eigenvalue weighted by Crippen LogP contribution is -2.16. The van der Waals surface area contributed by atoms with E-state index in [1.165, 1.54) is 10.7 Å². The van der Waals surface area contributed by atoms with Gasteiger partial charge in [0.15, 0.2) is 5.75 Å². The van der Waals surface area contributed by atoms with Crippen molar-refractivity contribution in [1.82, 2.24) is 9.78 Å². The number of aromatic nitrogens is 2. The molecule has 0 spiro atoms. The van der Waals surface area contributed by atoms with Crippen molar-refractivity contribution in [3.05, 3.63) is 59.4 Å². The van der Waals surface area contributed by atoms with Gasteiger partial charge in [-0.25, -0.2) is 8.42 Å². The van der Waals surface area contributed by atoms with Crippen LogP contribution in [0, 0.1) is 13.8 Å².